The maximum atomic E-state index is 7.83. The van der Waals surface area contributed by atoms with Gasteiger partial charge in [0.2, 0.25) is 0 Å². The molecule has 0 saturated heterocycles. The fourth-order valence-corrected chi connectivity index (χ4v) is 16.6. The van der Waals surface area contributed by atoms with Gasteiger partial charge in [0.05, 0.1) is 35.2 Å². The minimum atomic E-state index is 0.692. The van der Waals surface area contributed by atoms with Crippen LogP contribution < -0.4 is 0 Å². The normalized spacial score (nSPS) is 11.8. The molecule has 21 aromatic rings. The number of fused-ring (bicyclic) bond motifs is 10. The Morgan fingerprint density at radius 2 is 0.520 bits per heavy atom. The van der Waals surface area contributed by atoms with Crippen LogP contribution in [0.1, 0.15) is 0 Å². The van der Waals surface area contributed by atoms with Crippen LogP contribution in [0.2, 0.25) is 0 Å². The first-order valence-electron chi connectivity index (χ1n) is 34.0. The predicted molar refractivity (Wildman–Crippen MR) is 424 cm³/mol. The van der Waals surface area contributed by atoms with Gasteiger partial charge in [-0.2, -0.15) is 0 Å². The Morgan fingerprint density at radius 3 is 0.960 bits per heavy atom. The van der Waals surface area contributed by atoms with Crippen LogP contribution in [0.4, 0.5) is 11.4 Å². The standard InChI is InChI=1S/C51H30N2.C45H26N2/c1-52-47-26-27-48-51-42(47)25-24-35-28-36(29-49(50(35)51)53(48)37-14-6-3-7-15-37)32-20-22-34(23-21-32)44-31-46-40-18-10-8-16-38(40)43(33-12-4-2-5-13-33)30-45(46)41-19-11-9-17-39(41)44;1-46-41-23-24-42-45-38(41)22-20-31-25-32(26-43(44(31)45)47(42)33-10-3-2-4-11-33)28-15-17-30(18-16-28)39-27-40-34-12-6-5-9-29(34)19-21-37(40)35-13-7-8-14-36(35)39/h2-31H;2-27H. The highest BCUT2D eigenvalue weighted by atomic mass is 15.0. The fourth-order valence-electron chi connectivity index (χ4n) is 16.6. The average Bonchev–Trinajstić information content (AvgIpc) is 1.46. The summed E-state index contributed by atoms with van der Waals surface area (Å²) in [5.41, 5.74) is 20.2. The summed E-state index contributed by atoms with van der Waals surface area (Å²) in [6.07, 6.45) is 0. The van der Waals surface area contributed by atoms with Crippen LogP contribution >= 0.6 is 0 Å². The summed E-state index contributed by atoms with van der Waals surface area (Å²) in [6, 6.07) is 123. The molecule has 460 valence electrons. The van der Waals surface area contributed by atoms with E-state index in [0.29, 0.717) is 11.4 Å². The van der Waals surface area contributed by atoms with E-state index in [9.17, 15) is 0 Å². The molecule has 2 aromatic heterocycles. The Morgan fingerprint density at radius 1 is 0.190 bits per heavy atom. The first-order valence-corrected chi connectivity index (χ1v) is 34.0. The molecule has 0 atom stereocenters. The second kappa shape index (κ2) is 22.5. The number of aromatic nitrogens is 2. The lowest BCUT2D eigenvalue weighted by atomic mass is 9.87. The molecule has 4 heteroatoms. The van der Waals surface area contributed by atoms with Gasteiger partial charge < -0.3 is 9.13 Å². The molecule has 21 rings (SSSR count). The van der Waals surface area contributed by atoms with Crippen LogP contribution in [0.25, 0.3) is 206 Å². The van der Waals surface area contributed by atoms with Gasteiger partial charge in [0.25, 0.3) is 0 Å². The number of hydrogen-bond acceptors (Lipinski definition) is 0. The van der Waals surface area contributed by atoms with Crippen molar-refractivity contribution in [3.63, 3.8) is 0 Å². The molecule has 0 aliphatic heterocycles. The quantitative estimate of drug-likeness (QED) is 0.112. The molecule has 4 nitrogen and oxygen atoms in total. The number of hydrogen-bond donors (Lipinski definition) is 0. The van der Waals surface area contributed by atoms with Gasteiger partial charge >= 0.3 is 0 Å². The molecule has 0 bridgehead atoms. The molecule has 100 heavy (non-hydrogen) atoms. The van der Waals surface area contributed by atoms with E-state index < -0.39 is 0 Å². The van der Waals surface area contributed by atoms with Crippen molar-refractivity contribution in [1.82, 2.24) is 9.13 Å². The van der Waals surface area contributed by atoms with Crippen LogP contribution in [0.5, 0.6) is 0 Å². The molecule has 2 heterocycles. The third-order valence-electron chi connectivity index (χ3n) is 21.1. The maximum absolute atomic E-state index is 7.83. The molecule has 0 radical (unpaired) electrons. The zero-order valence-electron chi connectivity index (χ0n) is 54.1. The van der Waals surface area contributed by atoms with Crippen molar-refractivity contribution in [3.05, 3.63) is 363 Å². The van der Waals surface area contributed by atoms with Crippen molar-refractivity contribution in [2.24, 2.45) is 0 Å². The molecule has 0 spiro atoms. The largest absolute Gasteiger partial charge is 0.309 e. The van der Waals surface area contributed by atoms with E-state index in [2.05, 4.69) is 346 Å². The van der Waals surface area contributed by atoms with Crippen LogP contribution in [-0.4, -0.2) is 9.13 Å². The average molecular weight is 1270 g/mol. The lowest BCUT2D eigenvalue weighted by Crippen LogP contribution is -1.93. The molecule has 0 aliphatic carbocycles. The van der Waals surface area contributed by atoms with E-state index in [1.54, 1.807) is 0 Å². The highest BCUT2D eigenvalue weighted by molar-refractivity contribution is 6.30. The number of para-hydroxylation sites is 2. The Bertz CT molecular complexity index is 6990. The SMILES string of the molecule is [C-]#[N+]c1ccc2c3c1ccc1cc(-c4ccc(-c5cc6c7ccccc7c(-c7ccccc7)cc6c6ccccc56)cc4)cc(c13)n2-c1ccccc1.[C-]#[N+]c1ccc2c3c1ccc1cc(-c4ccc(-c5cc6c7ccccc7ccc6c6ccccc56)cc4)cc(c13)n2-c1ccccc1. The fraction of sp³-hybridized carbons (Fsp3) is 0. The third kappa shape index (κ3) is 8.71. The van der Waals surface area contributed by atoms with Gasteiger partial charge in [-0.05, 0) is 221 Å². The van der Waals surface area contributed by atoms with Crippen molar-refractivity contribution in [1.29, 1.82) is 0 Å². The molecule has 0 unspecified atom stereocenters. The van der Waals surface area contributed by atoms with Gasteiger partial charge in [-0.25, -0.2) is 9.69 Å². The molecule has 0 fully saturated rings. The lowest BCUT2D eigenvalue weighted by molar-refractivity contribution is 1.18. The van der Waals surface area contributed by atoms with Crippen molar-refractivity contribution in [2.45, 2.75) is 0 Å². The summed E-state index contributed by atoms with van der Waals surface area (Å²) in [5.74, 6) is 0. The summed E-state index contributed by atoms with van der Waals surface area (Å²) in [7, 11) is 0. The Balaban J connectivity index is 0.000000136. The number of nitrogens with zero attached hydrogens (tertiary/aromatic N) is 4. The second-order valence-corrected chi connectivity index (χ2v) is 26.3. The van der Waals surface area contributed by atoms with E-state index in [1.807, 2.05) is 12.1 Å². The van der Waals surface area contributed by atoms with E-state index in [0.717, 1.165) is 55.0 Å². The summed E-state index contributed by atoms with van der Waals surface area (Å²) in [5, 5.41) is 24.4. The Kier molecular flexibility index (Phi) is 12.7. The third-order valence-corrected chi connectivity index (χ3v) is 21.1. The molecular formula is C96H56N4. The first-order chi connectivity index (χ1) is 49.5. The number of rotatable bonds is 7. The van der Waals surface area contributed by atoms with Crippen LogP contribution in [0, 0.1) is 13.1 Å². The Labute approximate surface area is 576 Å². The minimum absolute atomic E-state index is 0.692. The van der Waals surface area contributed by atoms with Gasteiger partial charge in [0.1, 0.15) is 0 Å². The highest BCUT2D eigenvalue weighted by Crippen LogP contribution is 2.48. The molecule has 0 amide bonds. The van der Waals surface area contributed by atoms with Crippen LogP contribution in [-0.2, 0) is 0 Å². The van der Waals surface area contributed by atoms with Crippen molar-refractivity contribution >= 4 is 141 Å². The second-order valence-electron chi connectivity index (χ2n) is 26.3. The predicted octanol–water partition coefficient (Wildman–Crippen LogP) is 27.1. The van der Waals surface area contributed by atoms with Gasteiger partial charge in [0, 0.05) is 32.9 Å². The monoisotopic (exact) mass is 1260 g/mol. The Hall–Kier alpha value is -13.6. The van der Waals surface area contributed by atoms with Gasteiger partial charge in [-0.3, -0.25) is 0 Å². The molecule has 0 aliphatic rings. The van der Waals surface area contributed by atoms with Crippen molar-refractivity contribution in [2.75, 3.05) is 0 Å². The van der Waals surface area contributed by atoms with E-state index in [-0.39, 0.29) is 0 Å². The molecule has 19 aromatic carbocycles. The summed E-state index contributed by atoms with van der Waals surface area (Å²) in [6.45, 7) is 15.6. The van der Waals surface area contributed by atoms with Gasteiger partial charge in [0.15, 0.2) is 11.4 Å². The van der Waals surface area contributed by atoms with E-state index in [1.165, 1.54) is 142 Å². The zero-order chi connectivity index (χ0) is 66.1. The summed E-state index contributed by atoms with van der Waals surface area (Å²) >= 11 is 0. The highest BCUT2D eigenvalue weighted by Gasteiger charge is 2.23. The van der Waals surface area contributed by atoms with E-state index >= 15 is 0 Å². The summed E-state index contributed by atoms with van der Waals surface area (Å²) in [4.78, 5) is 7.71. The number of benzene rings is 19. The molecule has 0 saturated carbocycles. The van der Waals surface area contributed by atoms with Crippen molar-refractivity contribution in [3.8, 4) is 67.0 Å². The van der Waals surface area contributed by atoms with Crippen LogP contribution in [0.3, 0.4) is 0 Å². The minimum Gasteiger partial charge on any atom is -0.309 e. The topological polar surface area (TPSA) is 18.6 Å². The smallest absolute Gasteiger partial charge is 0.195 e. The molecular weight excluding hydrogens is 1210 g/mol. The van der Waals surface area contributed by atoms with Crippen LogP contribution in [0.15, 0.2) is 340 Å². The van der Waals surface area contributed by atoms with Gasteiger partial charge in [-0.1, -0.05) is 261 Å². The summed E-state index contributed by atoms with van der Waals surface area (Å²) < 4.78 is 4.70. The van der Waals surface area contributed by atoms with Crippen molar-refractivity contribution < 1.29 is 0 Å². The molecule has 0 N–H and O–H groups in total. The zero-order valence-corrected chi connectivity index (χ0v) is 54.1. The maximum Gasteiger partial charge on any atom is 0.195 e. The lowest BCUT2D eigenvalue weighted by Gasteiger charge is -2.16. The van der Waals surface area contributed by atoms with E-state index in [4.69, 9.17) is 13.1 Å². The first kappa shape index (κ1) is 56.7. The van der Waals surface area contributed by atoms with Gasteiger partial charge in [-0.15, -0.1) is 0 Å².